The second-order valence-electron chi connectivity index (χ2n) is 5.86. The van der Waals surface area contributed by atoms with E-state index in [0.29, 0.717) is 31.9 Å². The topological polar surface area (TPSA) is 85.8 Å². The summed E-state index contributed by atoms with van der Waals surface area (Å²) < 4.78 is 70.0. The lowest BCUT2D eigenvalue weighted by Crippen LogP contribution is -2.40. The van der Waals surface area contributed by atoms with Crippen LogP contribution < -0.4 is 4.18 Å². The Hall–Kier alpha value is -2.40. The van der Waals surface area contributed by atoms with Crippen molar-refractivity contribution in [2.75, 3.05) is 26.3 Å². The largest absolute Gasteiger partial charge is 0.534 e. The molecule has 11 heteroatoms. The van der Waals surface area contributed by atoms with Gasteiger partial charge in [-0.05, 0) is 18.6 Å². The molecular weight excluding hydrogens is 389 g/mol. The van der Waals surface area contributed by atoms with Crippen molar-refractivity contribution >= 4 is 26.8 Å². The summed E-state index contributed by atoms with van der Waals surface area (Å²) in [5.41, 5.74) is -4.87. The molecule has 0 aliphatic carbocycles. The zero-order valence-electron chi connectivity index (χ0n) is 14.1. The first kappa shape index (κ1) is 19.4. The van der Waals surface area contributed by atoms with Crippen LogP contribution in [0.5, 0.6) is 5.88 Å². The molecule has 2 aromatic rings. The Bertz CT molecular complexity index is 985. The summed E-state index contributed by atoms with van der Waals surface area (Å²) in [5, 5.41) is 0.290. The number of aryl methyl sites for hydroxylation is 1. The monoisotopic (exact) mass is 404 g/mol. The number of pyridine rings is 1. The van der Waals surface area contributed by atoms with Crippen molar-refractivity contribution in [3.8, 4) is 5.88 Å². The number of aromatic nitrogens is 1. The Morgan fingerprint density at radius 2 is 1.93 bits per heavy atom. The van der Waals surface area contributed by atoms with E-state index in [1.54, 1.807) is 17.9 Å². The number of morpholine rings is 1. The average Bonchev–Trinajstić information content (AvgIpc) is 2.61. The lowest BCUT2D eigenvalue weighted by Gasteiger charge is -2.27. The Balaban J connectivity index is 2.10. The van der Waals surface area contributed by atoms with E-state index in [1.807, 2.05) is 0 Å². The van der Waals surface area contributed by atoms with Crippen LogP contribution in [0.2, 0.25) is 0 Å². The van der Waals surface area contributed by atoms with Crippen molar-refractivity contribution in [2.45, 2.75) is 12.4 Å². The molecule has 146 valence electrons. The molecule has 0 bridgehead atoms. The summed E-state index contributed by atoms with van der Waals surface area (Å²) in [5.74, 6) is -1.10. The Morgan fingerprint density at radius 3 is 2.56 bits per heavy atom. The molecule has 0 atom stereocenters. The summed E-state index contributed by atoms with van der Waals surface area (Å²) in [6.45, 7) is 3.14. The quantitative estimate of drug-likeness (QED) is 0.576. The van der Waals surface area contributed by atoms with Crippen molar-refractivity contribution in [3.05, 3.63) is 35.5 Å². The van der Waals surface area contributed by atoms with Crippen LogP contribution in [0.4, 0.5) is 13.2 Å². The number of amides is 1. The lowest BCUT2D eigenvalue weighted by molar-refractivity contribution is -0.0500. The van der Waals surface area contributed by atoms with Crippen molar-refractivity contribution in [1.29, 1.82) is 0 Å². The highest BCUT2D eigenvalue weighted by atomic mass is 32.2. The number of hydrogen-bond acceptors (Lipinski definition) is 6. The van der Waals surface area contributed by atoms with E-state index in [2.05, 4.69) is 9.17 Å². The molecule has 1 aromatic heterocycles. The minimum Gasteiger partial charge on any atom is -0.378 e. The van der Waals surface area contributed by atoms with Gasteiger partial charge in [0.05, 0.1) is 18.8 Å². The van der Waals surface area contributed by atoms with E-state index in [9.17, 15) is 26.4 Å². The molecule has 0 radical (unpaired) electrons. The van der Waals surface area contributed by atoms with Gasteiger partial charge in [-0.15, -0.1) is 0 Å². The van der Waals surface area contributed by atoms with Crippen molar-refractivity contribution in [3.63, 3.8) is 0 Å². The number of rotatable bonds is 3. The molecule has 0 spiro atoms. The fourth-order valence-corrected chi connectivity index (χ4v) is 3.21. The molecule has 7 nitrogen and oxygen atoms in total. The zero-order valence-corrected chi connectivity index (χ0v) is 14.9. The molecule has 1 aliphatic rings. The van der Waals surface area contributed by atoms with Gasteiger partial charge in [0.1, 0.15) is 0 Å². The molecule has 1 aliphatic heterocycles. The fourth-order valence-electron chi connectivity index (χ4n) is 2.78. The van der Waals surface area contributed by atoms with Crippen molar-refractivity contribution < 1.29 is 35.3 Å². The molecule has 3 rings (SSSR count). The third kappa shape index (κ3) is 3.69. The summed E-state index contributed by atoms with van der Waals surface area (Å²) in [7, 11) is -5.88. The number of alkyl halides is 3. The predicted octanol–water partition coefficient (Wildman–Crippen LogP) is 2.24. The van der Waals surface area contributed by atoms with E-state index < -0.39 is 21.5 Å². The highest BCUT2D eigenvalue weighted by Crippen LogP contribution is 2.33. The van der Waals surface area contributed by atoms with Crippen LogP contribution in [0.15, 0.2) is 24.4 Å². The van der Waals surface area contributed by atoms with E-state index in [0.717, 1.165) is 6.20 Å². The first-order chi connectivity index (χ1) is 12.6. The number of fused-ring (bicyclic) bond motifs is 1. The minimum absolute atomic E-state index is 0.00179. The number of ether oxygens (including phenoxy) is 1. The zero-order chi connectivity index (χ0) is 19.8. The normalized spacial score (nSPS) is 15.8. The van der Waals surface area contributed by atoms with Crippen molar-refractivity contribution in [1.82, 2.24) is 9.88 Å². The molecule has 0 N–H and O–H groups in total. The van der Waals surface area contributed by atoms with Gasteiger partial charge in [0.15, 0.2) is 0 Å². The van der Waals surface area contributed by atoms with Crippen LogP contribution in [0, 0.1) is 6.92 Å². The van der Waals surface area contributed by atoms with E-state index in [-0.39, 0.29) is 22.2 Å². The van der Waals surface area contributed by atoms with Crippen LogP contribution in [0.3, 0.4) is 0 Å². The van der Waals surface area contributed by atoms with Gasteiger partial charge in [-0.2, -0.15) is 21.6 Å². The van der Waals surface area contributed by atoms with E-state index in [1.165, 1.54) is 12.1 Å². The molecular formula is C16H15F3N2O5S. The number of hydrogen-bond donors (Lipinski definition) is 0. The second kappa shape index (κ2) is 6.97. The number of carbonyl (C=O) groups is 1. The minimum atomic E-state index is -5.88. The smallest absolute Gasteiger partial charge is 0.378 e. The Kier molecular flexibility index (Phi) is 5.00. The fraction of sp³-hybridized carbons (Fsp3) is 0.375. The molecule has 27 heavy (non-hydrogen) atoms. The first-order valence-electron chi connectivity index (χ1n) is 7.88. The number of halogens is 3. The molecule has 1 aromatic carbocycles. The maximum absolute atomic E-state index is 12.8. The van der Waals surface area contributed by atoms with Gasteiger partial charge < -0.3 is 13.8 Å². The van der Waals surface area contributed by atoms with Gasteiger partial charge in [-0.1, -0.05) is 12.1 Å². The van der Waals surface area contributed by atoms with Gasteiger partial charge in [-0.3, -0.25) is 4.79 Å². The molecule has 0 saturated carbocycles. The van der Waals surface area contributed by atoms with E-state index in [4.69, 9.17) is 4.74 Å². The van der Waals surface area contributed by atoms with Crippen LogP contribution in [-0.2, 0) is 14.9 Å². The van der Waals surface area contributed by atoms with Gasteiger partial charge >= 0.3 is 15.6 Å². The molecule has 1 amide bonds. The standard InChI is InChI=1S/C16H15F3N2O5S/c1-10-3-2-4-11-13(10)12(15(22)21-5-7-25-8-6-21)9-20-14(11)26-27(23,24)16(17,18)19/h2-4,9H,5-8H2,1H3. The first-order valence-corrected chi connectivity index (χ1v) is 9.29. The van der Waals surface area contributed by atoms with Crippen LogP contribution in [-0.4, -0.2) is 56.0 Å². The van der Waals surface area contributed by atoms with Crippen LogP contribution in [0.1, 0.15) is 15.9 Å². The third-order valence-corrected chi connectivity index (χ3v) is 5.03. The molecule has 0 unspecified atom stereocenters. The molecule has 1 fully saturated rings. The SMILES string of the molecule is Cc1cccc2c(OS(=O)(=O)C(F)(F)F)ncc(C(=O)N3CCOCC3)c12. The highest BCUT2D eigenvalue weighted by molar-refractivity contribution is 7.88. The number of benzene rings is 1. The second-order valence-corrected chi connectivity index (χ2v) is 7.40. The summed E-state index contributed by atoms with van der Waals surface area (Å²) in [6.07, 6.45) is 1.04. The lowest BCUT2D eigenvalue weighted by atomic mass is 10.0. The molecule has 2 heterocycles. The van der Waals surface area contributed by atoms with E-state index >= 15 is 0 Å². The Labute approximate surface area is 152 Å². The maximum Gasteiger partial charge on any atom is 0.534 e. The maximum atomic E-state index is 12.8. The highest BCUT2D eigenvalue weighted by Gasteiger charge is 2.49. The summed E-state index contributed by atoms with van der Waals surface area (Å²) in [6, 6.07) is 4.52. The van der Waals surface area contributed by atoms with Gasteiger partial charge in [0.25, 0.3) is 5.91 Å². The summed E-state index contributed by atoms with van der Waals surface area (Å²) >= 11 is 0. The Morgan fingerprint density at radius 1 is 1.26 bits per heavy atom. The van der Waals surface area contributed by atoms with Gasteiger partial charge in [0.2, 0.25) is 5.88 Å². The van der Waals surface area contributed by atoms with Crippen LogP contribution in [0.25, 0.3) is 10.8 Å². The average molecular weight is 404 g/mol. The molecule has 1 saturated heterocycles. The summed E-state index contributed by atoms with van der Waals surface area (Å²) in [4.78, 5) is 18.0. The predicted molar refractivity (Wildman–Crippen MR) is 88.8 cm³/mol. The van der Waals surface area contributed by atoms with Gasteiger partial charge in [-0.25, -0.2) is 4.98 Å². The van der Waals surface area contributed by atoms with Crippen LogP contribution >= 0.6 is 0 Å². The third-order valence-electron chi connectivity index (χ3n) is 4.08. The number of carbonyl (C=O) groups excluding carboxylic acids is 1. The van der Waals surface area contributed by atoms with Gasteiger partial charge in [0, 0.05) is 30.1 Å². The number of nitrogens with zero attached hydrogens (tertiary/aromatic N) is 2. The van der Waals surface area contributed by atoms with Crippen molar-refractivity contribution in [2.24, 2.45) is 0 Å².